The van der Waals surface area contributed by atoms with Crippen LogP contribution in [0.5, 0.6) is 0 Å². The molecule has 0 aromatic heterocycles. The number of rotatable bonds is 5. The normalized spacial score (nSPS) is 19.4. The summed E-state index contributed by atoms with van der Waals surface area (Å²) >= 11 is 2.30. The van der Waals surface area contributed by atoms with Crippen LogP contribution < -0.4 is 5.73 Å². The second-order valence-corrected chi connectivity index (χ2v) is 6.05. The maximum atomic E-state index is 9.62. The second kappa shape index (κ2) is 5.02. The zero-order chi connectivity index (χ0) is 11.6. The lowest BCUT2D eigenvalue weighted by molar-refractivity contribution is 0.109. The molecule has 1 aliphatic carbocycles. The molecule has 3 heteroatoms. The molecule has 0 bridgehead atoms. The lowest BCUT2D eigenvalue weighted by Gasteiger charge is -2.30. The number of benzene rings is 1. The first-order chi connectivity index (χ1) is 7.70. The minimum Gasteiger partial charge on any atom is -0.396 e. The summed E-state index contributed by atoms with van der Waals surface area (Å²) in [5, 5.41) is 9.62. The Hall–Kier alpha value is -0.130. The largest absolute Gasteiger partial charge is 0.396 e. The van der Waals surface area contributed by atoms with Crippen molar-refractivity contribution in [2.75, 3.05) is 13.2 Å². The van der Waals surface area contributed by atoms with Crippen molar-refractivity contribution < 1.29 is 5.11 Å². The molecule has 1 aliphatic rings. The Balaban J connectivity index is 2.13. The van der Waals surface area contributed by atoms with Crippen molar-refractivity contribution >= 4 is 22.6 Å². The maximum absolute atomic E-state index is 9.62. The smallest absolute Gasteiger partial charge is 0.0505 e. The molecule has 1 saturated carbocycles. The summed E-state index contributed by atoms with van der Waals surface area (Å²) in [6.45, 7) is 0.792. The first-order valence-corrected chi connectivity index (χ1v) is 6.83. The summed E-state index contributed by atoms with van der Waals surface area (Å²) in [5.74, 6) is 0.627. The summed E-state index contributed by atoms with van der Waals surface area (Å²) in [6, 6.07) is 8.51. The molecule has 0 saturated heterocycles. The molecule has 2 rings (SSSR count). The van der Waals surface area contributed by atoms with Crippen molar-refractivity contribution in [1.29, 1.82) is 0 Å². The Morgan fingerprint density at radius 3 is 2.38 bits per heavy atom. The molecular weight excluding hydrogens is 313 g/mol. The fraction of sp³-hybridized carbons (Fsp3) is 0.538. The summed E-state index contributed by atoms with van der Waals surface area (Å²) in [7, 11) is 0. The van der Waals surface area contributed by atoms with Crippen molar-refractivity contribution in [3.05, 3.63) is 33.4 Å². The fourth-order valence-electron chi connectivity index (χ4n) is 2.34. The molecule has 0 aliphatic heterocycles. The summed E-state index contributed by atoms with van der Waals surface area (Å²) < 4.78 is 1.25. The minimum atomic E-state index is -0.0766. The number of halogens is 1. The van der Waals surface area contributed by atoms with Gasteiger partial charge in [0, 0.05) is 15.5 Å². The van der Waals surface area contributed by atoms with Gasteiger partial charge >= 0.3 is 0 Å². The van der Waals surface area contributed by atoms with Crippen LogP contribution in [0.4, 0.5) is 0 Å². The zero-order valence-electron chi connectivity index (χ0n) is 9.32. The highest BCUT2D eigenvalue weighted by Gasteiger charge is 2.43. The Kier molecular flexibility index (Phi) is 3.87. The van der Waals surface area contributed by atoms with Crippen molar-refractivity contribution in [3.8, 4) is 0 Å². The summed E-state index contributed by atoms with van der Waals surface area (Å²) in [5.41, 5.74) is 7.08. The van der Waals surface area contributed by atoms with E-state index in [1.54, 1.807) is 0 Å². The Labute approximate surface area is 110 Å². The maximum Gasteiger partial charge on any atom is 0.0505 e. The molecule has 1 unspecified atom stereocenters. The van der Waals surface area contributed by atoms with Crippen LogP contribution >= 0.6 is 22.6 Å². The third-order valence-electron chi connectivity index (χ3n) is 3.63. The SMILES string of the molecule is NCC(CO)(Cc1ccc(I)cc1)C1CC1. The monoisotopic (exact) mass is 331 g/mol. The van der Waals surface area contributed by atoms with Crippen molar-refractivity contribution in [2.24, 2.45) is 17.1 Å². The standard InChI is InChI=1S/C13H18INO/c14-12-5-1-10(2-6-12)7-13(8-15,9-16)11-3-4-11/h1-2,5-6,11,16H,3-4,7-9,15H2. The zero-order valence-corrected chi connectivity index (χ0v) is 11.5. The van der Waals surface area contributed by atoms with Crippen LogP contribution in [0.15, 0.2) is 24.3 Å². The third kappa shape index (κ3) is 2.57. The van der Waals surface area contributed by atoms with Crippen LogP contribution in [0, 0.1) is 14.9 Å². The predicted octanol–water partition coefficient (Wildman–Crippen LogP) is 2.18. The van der Waals surface area contributed by atoms with Gasteiger partial charge in [-0.1, -0.05) is 12.1 Å². The Morgan fingerprint density at radius 2 is 1.94 bits per heavy atom. The van der Waals surface area contributed by atoms with Crippen LogP contribution in [0.1, 0.15) is 18.4 Å². The molecule has 1 aromatic rings. The lowest BCUT2D eigenvalue weighted by atomic mass is 9.78. The topological polar surface area (TPSA) is 46.2 Å². The molecule has 0 radical (unpaired) electrons. The van der Waals surface area contributed by atoms with E-state index in [9.17, 15) is 5.11 Å². The van der Waals surface area contributed by atoms with Crippen LogP contribution in [0.25, 0.3) is 0 Å². The highest BCUT2D eigenvalue weighted by atomic mass is 127. The highest BCUT2D eigenvalue weighted by molar-refractivity contribution is 14.1. The van der Waals surface area contributed by atoms with Gasteiger partial charge in [0.1, 0.15) is 0 Å². The third-order valence-corrected chi connectivity index (χ3v) is 4.35. The van der Waals surface area contributed by atoms with Gasteiger partial charge < -0.3 is 10.8 Å². The van der Waals surface area contributed by atoms with Gasteiger partial charge in [-0.15, -0.1) is 0 Å². The van der Waals surface area contributed by atoms with Gasteiger partial charge in [0.15, 0.2) is 0 Å². The molecule has 0 amide bonds. The fourth-order valence-corrected chi connectivity index (χ4v) is 2.70. The number of hydrogen-bond donors (Lipinski definition) is 2. The molecule has 1 fully saturated rings. The van der Waals surface area contributed by atoms with E-state index in [0.717, 1.165) is 6.42 Å². The average Bonchev–Trinajstić information content (AvgIpc) is 3.13. The van der Waals surface area contributed by atoms with Gasteiger partial charge in [-0.25, -0.2) is 0 Å². The number of aliphatic hydroxyl groups excluding tert-OH is 1. The molecule has 0 spiro atoms. The van der Waals surface area contributed by atoms with Gasteiger partial charge in [0.2, 0.25) is 0 Å². The molecule has 0 heterocycles. The average molecular weight is 331 g/mol. The van der Waals surface area contributed by atoms with Crippen LogP contribution in [-0.2, 0) is 6.42 Å². The molecule has 88 valence electrons. The Morgan fingerprint density at radius 1 is 1.31 bits per heavy atom. The van der Waals surface area contributed by atoms with Gasteiger partial charge in [-0.05, 0) is 65.5 Å². The number of hydrogen-bond acceptors (Lipinski definition) is 2. The molecule has 3 N–H and O–H groups in total. The second-order valence-electron chi connectivity index (χ2n) is 4.80. The van der Waals surface area contributed by atoms with Crippen LogP contribution in [0.2, 0.25) is 0 Å². The van der Waals surface area contributed by atoms with Gasteiger partial charge in [-0.2, -0.15) is 0 Å². The van der Waals surface area contributed by atoms with Crippen LogP contribution in [0.3, 0.4) is 0 Å². The van der Waals surface area contributed by atoms with Gasteiger partial charge in [0.05, 0.1) is 6.61 Å². The van der Waals surface area contributed by atoms with Crippen molar-refractivity contribution in [1.82, 2.24) is 0 Å². The predicted molar refractivity (Wildman–Crippen MR) is 74.2 cm³/mol. The van der Waals surface area contributed by atoms with E-state index in [-0.39, 0.29) is 12.0 Å². The molecule has 1 aromatic carbocycles. The first-order valence-electron chi connectivity index (χ1n) is 5.75. The molecular formula is C13H18INO. The molecule has 2 nitrogen and oxygen atoms in total. The van der Waals surface area contributed by atoms with Gasteiger partial charge in [0.25, 0.3) is 0 Å². The van der Waals surface area contributed by atoms with Crippen LogP contribution in [-0.4, -0.2) is 18.3 Å². The summed E-state index contributed by atoms with van der Waals surface area (Å²) in [4.78, 5) is 0. The summed E-state index contributed by atoms with van der Waals surface area (Å²) in [6.07, 6.45) is 3.35. The van der Waals surface area contributed by atoms with E-state index < -0.39 is 0 Å². The number of aliphatic hydroxyl groups is 1. The van der Waals surface area contributed by atoms with E-state index in [2.05, 4.69) is 46.9 Å². The van der Waals surface area contributed by atoms with E-state index in [1.807, 2.05) is 0 Å². The van der Waals surface area contributed by atoms with Crippen molar-refractivity contribution in [3.63, 3.8) is 0 Å². The van der Waals surface area contributed by atoms with E-state index >= 15 is 0 Å². The van der Waals surface area contributed by atoms with Gasteiger partial charge in [-0.3, -0.25) is 0 Å². The van der Waals surface area contributed by atoms with E-state index in [1.165, 1.54) is 22.0 Å². The van der Waals surface area contributed by atoms with E-state index in [4.69, 9.17) is 5.73 Å². The molecule has 1 atom stereocenters. The van der Waals surface area contributed by atoms with E-state index in [0.29, 0.717) is 12.5 Å². The Bertz CT molecular complexity index is 341. The quantitative estimate of drug-likeness (QED) is 0.813. The number of nitrogens with two attached hydrogens (primary N) is 1. The highest BCUT2D eigenvalue weighted by Crippen LogP contribution is 2.46. The minimum absolute atomic E-state index is 0.0766. The van der Waals surface area contributed by atoms with Crippen molar-refractivity contribution in [2.45, 2.75) is 19.3 Å². The lowest BCUT2D eigenvalue weighted by Crippen LogP contribution is -2.38. The first kappa shape index (κ1) is 12.3. The molecule has 16 heavy (non-hydrogen) atoms.